The Morgan fingerprint density at radius 2 is 1.20 bits per heavy atom. The molecule has 2 aliphatic rings. The van der Waals surface area contributed by atoms with E-state index in [1.165, 1.54) is 16.4 Å². The van der Waals surface area contributed by atoms with Crippen molar-refractivity contribution in [2.75, 3.05) is 17.2 Å². The monoisotopic (exact) mass is 742 g/mol. The van der Waals surface area contributed by atoms with Gasteiger partial charge in [0.15, 0.2) is 22.3 Å². The van der Waals surface area contributed by atoms with Gasteiger partial charge in [0.05, 0.1) is 11.9 Å². The highest BCUT2D eigenvalue weighted by Gasteiger charge is 2.46. The van der Waals surface area contributed by atoms with E-state index in [9.17, 15) is 43.3 Å². The van der Waals surface area contributed by atoms with Crippen molar-refractivity contribution < 1.29 is 33.7 Å². The predicted octanol–water partition coefficient (Wildman–Crippen LogP) is 0.247. The molecule has 8 atom stereocenters. The summed E-state index contributed by atoms with van der Waals surface area (Å²) in [4.78, 5) is 60.9. The summed E-state index contributed by atoms with van der Waals surface area (Å²) >= 11 is 2.20. The fourth-order valence-corrected chi connectivity index (χ4v) is 7.71. The van der Waals surface area contributed by atoms with E-state index in [0.29, 0.717) is 6.42 Å². The lowest BCUT2D eigenvalue weighted by atomic mass is 10.1. The maximum absolute atomic E-state index is 14.2. The van der Waals surface area contributed by atoms with Crippen molar-refractivity contribution in [3.63, 3.8) is 0 Å². The van der Waals surface area contributed by atoms with Gasteiger partial charge < -0.3 is 15.3 Å². The minimum Gasteiger partial charge on any atom is -0.395 e. The standard InChI is InChI=1S/C14H19FN6O3S.C13H17FN6O4S/c1-4-6-7(15)9(22)13(25-6)21-10-8(19-20-21)12(24)18-14(16-10)17-11(23)5(2)3;1-4(2)10(23)16-13-15-9-7(11(24)17-13)18-19-20(9)12-8(22)6(14)5(3-21)25-12/h5-7,9,13,22H,4H2,1-3H3,(H2,16,17,18,23,24);4-6,8,12,21-22H,3H2,1-2H3,(H2,15,16,17,23,24)/t6-,7+,9?,13-;5-,6+,8?,12-/m11/s1. The number of halogens is 2. The Morgan fingerprint density at radius 1 is 0.800 bits per heavy atom. The minimum atomic E-state index is -1.65. The van der Waals surface area contributed by atoms with Crippen LogP contribution in [0.1, 0.15) is 51.8 Å². The third-order valence-electron chi connectivity index (χ3n) is 7.84. The number of fused-ring (bicyclic) bond motifs is 2. The van der Waals surface area contributed by atoms with Gasteiger partial charge in [-0.2, -0.15) is 9.97 Å². The number of hydrogen-bond acceptors (Lipinski definition) is 15. The molecule has 6 heterocycles. The van der Waals surface area contributed by atoms with Crippen LogP contribution in [0.25, 0.3) is 22.3 Å². The van der Waals surface area contributed by atoms with Crippen molar-refractivity contribution in [3.05, 3.63) is 20.7 Å². The molecule has 4 aromatic heterocycles. The number of aliphatic hydroxyl groups is 3. The van der Waals surface area contributed by atoms with E-state index >= 15 is 0 Å². The fourth-order valence-electron chi connectivity index (χ4n) is 4.96. The van der Waals surface area contributed by atoms with Gasteiger partial charge in [-0.15, -0.1) is 33.7 Å². The lowest BCUT2D eigenvalue weighted by Crippen LogP contribution is -2.29. The second-order valence-electron chi connectivity index (χ2n) is 12.1. The first kappa shape index (κ1) is 37.2. The molecule has 0 aromatic carbocycles. The molecule has 2 unspecified atom stereocenters. The third-order valence-corrected chi connectivity index (χ3v) is 11.1. The number of hydrogen-bond donors (Lipinski definition) is 7. The summed E-state index contributed by atoms with van der Waals surface area (Å²) in [5, 5.41) is 46.7. The van der Waals surface area contributed by atoms with Crippen LogP contribution >= 0.6 is 23.5 Å². The maximum Gasteiger partial charge on any atom is 0.282 e. The maximum atomic E-state index is 14.2. The first-order chi connectivity index (χ1) is 23.7. The van der Waals surface area contributed by atoms with Crippen molar-refractivity contribution in [1.82, 2.24) is 49.9 Å². The van der Waals surface area contributed by atoms with Crippen LogP contribution in [0.4, 0.5) is 20.7 Å². The molecule has 272 valence electrons. The molecule has 0 aliphatic carbocycles. The van der Waals surface area contributed by atoms with Gasteiger partial charge in [-0.25, -0.2) is 18.1 Å². The van der Waals surface area contributed by atoms with Crippen LogP contribution in [0, 0.1) is 11.8 Å². The van der Waals surface area contributed by atoms with Crippen LogP contribution in [0.3, 0.4) is 0 Å². The zero-order chi connectivity index (χ0) is 36.6. The van der Waals surface area contributed by atoms with Gasteiger partial charge in [0, 0.05) is 17.1 Å². The lowest BCUT2D eigenvalue weighted by molar-refractivity contribution is -0.119. The van der Waals surface area contributed by atoms with Crippen LogP contribution in [0.15, 0.2) is 9.59 Å². The molecule has 2 fully saturated rings. The fraction of sp³-hybridized carbons (Fsp3) is 0.630. The summed E-state index contributed by atoms with van der Waals surface area (Å²) in [6.07, 6.45) is -5.23. The lowest BCUT2D eigenvalue weighted by Gasteiger charge is -2.14. The van der Waals surface area contributed by atoms with Crippen molar-refractivity contribution in [2.24, 2.45) is 11.8 Å². The predicted molar refractivity (Wildman–Crippen MR) is 179 cm³/mol. The van der Waals surface area contributed by atoms with E-state index in [4.69, 9.17) is 0 Å². The Bertz CT molecular complexity index is 1850. The largest absolute Gasteiger partial charge is 0.395 e. The number of alkyl halides is 2. The molecular weight excluding hydrogens is 707 g/mol. The molecule has 19 nitrogen and oxygen atoms in total. The molecule has 2 aliphatic heterocycles. The molecule has 2 saturated heterocycles. The number of aliphatic hydroxyl groups excluding tert-OH is 3. The molecule has 50 heavy (non-hydrogen) atoms. The number of carbonyl (C=O) groups is 2. The molecule has 0 radical (unpaired) electrons. The quantitative estimate of drug-likeness (QED) is 0.127. The van der Waals surface area contributed by atoms with E-state index in [1.54, 1.807) is 27.7 Å². The summed E-state index contributed by atoms with van der Waals surface area (Å²) in [7, 11) is 0. The van der Waals surface area contributed by atoms with Crippen LogP contribution in [-0.4, -0.2) is 119 Å². The first-order valence-electron chi connectivity index (χ1n) is 15.5. The highest BCUT2D eigenvalue weighted by Crippen LogP contribution is 2.45. The van der Waals surface area contributed by atoms with Crippen LogP contribution in [-0.2, 0) is 9.59 Å². The average molecular weight is 743 g/mol. The normalized spacial score (nSPS) is 26.5. The van der Waals surface area contributed by atoms with Gasteiger partial charge in [0.2, 0.25) is 23.7 Å². The van der Waals surface area contributed by atoms with Crippen molar-refractivity contribution in [2.45, 2.75) is 86.8 Å². The van der Waals surface area contributed by atoms with Gasteiger partial charge in [0.1, 0.15) is 35.3 Å². The van der Waals surface area contributed by atoms with Crippen molar-refractivity contribution >= 4 is 69.6 Å². The molecule has 2 amide bonds. The molecular formula is C27H36F2N12O7S2. The molecule has 0 spiro atoms. The third kappa shape index (κ3) is 7.22. The van der Waals surface area contributed by atoms with Gasteiger partial charge in [-0.3, -0.25) is 39.8 Å². The molecule has 23 heteroatoms. The number of thioether (sulfide) groups is 2. The summed E-state index contributed by atoms with van der Waals surface area (Å²) in [5.41, 5.74) is -1.24. The first-order valence-corrected chi connectivity index (χ1v) is 17.4. The Hall–Kier alpha value is -4.06. The number of rotatable bonds is 8. The number of nitrogens with zero attached hydrogens (tertiary/aromatic N) is 8. The number of amides is 2. The number of nitrogens with one attached hydrogen (secondary N) is 4. The van der Waals surface area contributed by atoms with Crippen molar-refractivity contribution in [1.29, 1.82) is 0 Å². The van der Waals surface area contributed by atoms with E-state index in [-0.39, 0.29) is 63.1 Å². The SMILES string of the molecule is CC(C)C(=O)Nc1nc2c(nnn2[C@@H]2S[C@H](CO)[C@H](F)C2O)c(=O)[nH]1.CC[C@H]1S[C@@H](n2nnc3c(=O)[nH]c(NC(=O)C(C)C)nc32)C(O)[C@H]1F. The van der Waals surface area contributed by atoms with E-state index < -0.39 is 58.3 Å². The molecule has 6 rings (SSSR count). The highest BCUT2D eigenvalue weighted by atomic mass is 32.2. The smallest absolute Gasteiger partial charge is 0.282 e. The Balaban J connectivity index is 0.000000194. The average Bonchev–Trinajstić information content (AvgIpc) is 3.82. The van der Waals surface area contributed by atoms with Crippen molar-refractivity contribution in [3.8, 4) is 0 Å². The zero-order valence-electron chi connectivity index (χ0n) is 27.3. The van der Waals surface area contributed by atoms with Gasteiger partial charge in [0.25, 0.3) is 11.1 Å². The van der Waals surface area contributed by atoms with Gasteiger partial charge in [-0.05, 0) is 6.42 Å². The van der Waals surface area contributed by atoms with Crippen LogP contribution < -0.4 is 21.8 Å². The Labute approximate surface area is 289 Å². The number of carbonyl (C=O) groups excluding carboxylic acids is 2. The second kappa shape index (κ2) is 15.0. The minimum absolute atomic E-state index is 0.00476. The summed E-state index contributed by atoms with van der Waals surface area (Å²) in [6, 6.07) is 0. The van der Waals surface area contributed by atoms with Gasteiger partial charge in [-0.1, -0.05) is 45.0 Å². The number of aromatic nitrogens is 10. The second-order valence-corrected chi connectivity index (χ2v) is 14.8. The van der Waals surface area contributed by atoms with Gasteiger partial charge >= 0.3 is 0 Å². The summed E-state index contributed by atoms with van der Waals surface area (Å²) < 4.78 is 30.5. The molecule has 4 aromatic rings. The molecule has 0 saturated carbocycles. The molecule has 0 bridgehead atoms. The Morgan fingerprint density at radius 3 is 1.54 bits per heavy atom. The summed E-state index contributed by atoms with van der Waals surface area (Å²) in [6.45, 7) is 8.15. The van der Waals surface area contributed by atoms with E-state index in [1.807, 2.05) is 6.92 Å². The molecule has 7 N–H and O–H groups in total. The topological polar surface area (TPSA) is 272 Å². The number of aromatic amines is 2. The number of H-pyrrole nitrogens is 2. The van der Waals surface area contributed by atoms with E-state index in [2.05, 4.69) is 51.2 Å². The van der Waals surface area contributed by atoms with Crippen LogP contribution in [0.5, 0.6) is 0 Å². The number of anilines is 2. The van der Waals surface area contributed by atoms with Crippen LogP contribution in [0.2, 0.25) is 0 Å². The Kier molecular flexibility index (Phi) is 11.2. The van der Waals surface area contributed by atoms with E-state index in [0.717, 1.165) is 16.4 Å². The zero-order valence-corrected chi connectivity index (χ0v) is 28.9. The summed E-state index contributed by atoms with van der Waals surface area (Å²) in [5.74, 6) is -1.41. The highest BCUT2D eigenvalue weighted by molar-refractivity contribution is 8.00.